The minimum absolute atomic E-state index is 0.241. The molecule has 0 aromatic carbocycles. The van der Waals surface area contributed by atoms with Gasteiger partial charge >= 0.3 is 7.12 Å². The van der Waals surface area contributed by atoms with E-state index in [4.69, 9.17) is 20.9 Å². The first-order valence-electron chi connectivity index (χ1n) is 4.55. The molecule has 1 aliphatic rings. The Morgan fingerprint density at radius 3 is 2.57 bits per heavy atom. The summed E-state index contributed by atoms with van der Waals surface area (Å²) >= 11 is 7.35. The lowest BCUT2D eigenvalue weighted by Crippen LogP contribution is -2.41. The summed E-state index contributed by atoms with van der Waals surface area (Å²) in [5.74, 6) is 0. The van der Waals surface area contributed by atoms with Gasteiger partial charge in [-0.3, -0.25) is 0 Å². The fraction of sp³-hybridized carbons (Fsp3) is 0.500. The Morgan fingerprint density at radius 2 is 2.00 bits per heavy atom. The number of halogens is 1. The van der Waals surface area contributed by atoms with Gasteiger partial charge in [0.15, 0.2) is 0 Å². The van der Waals surface area contributed by atoms with Gasteiger partial charge in [-0.05, 0) is 6.07 Å². The van der Waals surface area contributed by atoms with E-state index in [0.29, 0.717) is 13.2 Å². The minimum Gasteiger partial charge on any atom is -0.405 e. The first-order chi connectivity index (χ1) is 6.86. The normalized spacial score (nSPS) is 19.1. The standard InChI is InChI=1S/C8H11BClNO2S/c10-8-2-1-7(14-8)9-12-5-3-11-4-6-13-9/h1-2,11H,3-6H2. The first kappa shape index (κ1) is 10.5. The first-order valence-corrected chi connectivity index (χ1v) is 5.75. The molecule has 1 fully saturated rings. The molecule has 0 atom stereocenters. The minimum atomic E-state index is -0.241. The molecule has 0 amide bonds. The largest absolute Gasteiger partial charge is 0.504 e. The Labute approximate surface area is 92.5 Å². The Kier molecular flexibility index (Phi) is 3.84. The molecule has 2 rings (SSSR count). The molecule has 0 aliphatic carbocycles. The summed E-state index contributed by atoms with van der Waals surface area (Å²) in [6, 6.07) is 3.82. The monoisotopic (exact) mass is 231 g/mol. The van der Waals surface area contributed by atoms with E-state index in [0.717, 1.165) is 22.2 Å². The van der Waals surface area contributed by atoms with E-state index in [1.165, 1.54) is 11.3 Å². The van der Waals surface area contributed by atoms with Crippen LogP contribution >= 0.6 is 22.9 Å². The Balaban J connectivity index is 2.00. The molecule has 1 aromatic heterocycles. The average molecular weight is 232 g/mol. The third kappa shape index (κ3) is 2.71. The fourth-order valence-electron chi connectivity index (χ4n) is 1.27. The zero-order chi connectivity index (χ0) is 9.80. The summed E-state index contributed by atoms with van der Waals surface area (Å²) in [4.78, 5) is 0. The zero-order valence-electron chi connectivity index (χ0n) is 7.66. The lowest BCUT2D eigenvalue weighted by molar-refractivity contribution is 0.188. The van der Waals surface area contributed by atoms with Gasteiger partial charge in [-0.2, -0.15) is 0 Å². The van der Waals surface area contributed by atoms with Crippen molar-refractivity contribution in [3.05, 3.63) is 16.5 Å². The molecule has 1 N–H and O–H groups in total. The van der Waals surface area contributed by atoms with Gasteiger partial charge in [0.2, 0.25) is 0 Å². The molecule has 14 heavy (non-hydrogen) atoms. The summed E-state index contributed by atoms with van der Waals surface area (Å²) in [6.45, 7) is 3.08. The van der Waals surface area contributed by atoms with Crippen molar-refractivity contribution >= 4 is 34.8 Å². The van der Waals surface area contributed by atoms with E-state index in [-0.39, 0.29) is 7.12 Å². The second kappa shape index (κ2) is 5.14. The van der Waals surface area contributed by atoms with Crippen molar-refractivity contribution in [3.8, 4) is 0 Å². The molecule has 3 nitrogen and oxygen atoms in total. The number of nitrogens with one attached hydrogen (secondary N) is 1. The van der Waals surface area contributed by atoms with Crippen molar-refractivity contribution in [2.45, 2.75) is 0 Å². The molecule has 0 radical (unpaired) electrons. The molecule has 6 heteroatoms. The third-order valence-electron chi connectivity index (χ3n) is 1.92. The third-order valence-corrected chi connectivity index (χ3v) is 3.18. The van der Waals surface area contributed by atoms with Gasteiger partial charge in [0.25, 0.3) is 0 Å². The molecule has 0 unspecified atom stereocenters. The van der Waals surface area contributed by atoms with Gasteiger partial charge in [-0.25, -0.2) is 0 Å². The number of hydrogen-bond donors (Lipinski definition) is 1. The van der Waals surface area contributed by atoms with Crippen LogP contribution in [0.15, 0.2) is 12.1 Å². The predicted octanol–water partition coefficient (Wildman–Crippen LogP) is 0.733. The van der Waals surface area contributed by atoms with E-state index in [1.54, 1.807) is 0 Å². The quantitative estimate of drug-likeness (QED) is 0.723. The Bertz CT molecular complexity index is 289. The number of thiophene rings is 1. The summed E-state index contributed by atoms with van der Waals surface area (Å²) in [5.41, 5.74) is 0. The van der Waals surface area contributed by atoms with Crippen molar-refractivity contribution < 1.29 is 9.31 Å². The Morgan fingerprint density at radius 1 is 1.29 bits per heavy atom. The molecular formula is C8H11BClNO2S. The van der Waals surface area contributed by atoms with Gasteiger partial charge in [0.05, 0.1) is 4.34 Å². The van der Waals surface area contributed by atoms with Gasteiger partial charge < -0.3 is 14.6 Å². The molecule has 1 aromatic rings. The van der Waals surface area contributed by atoms with E-state index >= 15 is 0 Å². The highest BCUT2D eigenvalue weighted by atomic mass is 35.5. The lowest BCUT2D eigenvalue weighted by atomic mass is 9.87. The van der Waals surface area contributed by atoms with Crippen LogP contribution in [-0.4, -0.2) is 33.4 Å². The van der Waals surface area contributed by atoms with Crippen molar-refractivity contribution in [3.63, 3.8) is 0 Å². The van der Waals surface area contributed by atoms with Crippen LogP contribution in [0.25, 0.3) is 0 Å². The maximum atomic E-state index is 5.85. The van der Waals surface area contributed by atoms with Crippen LogP contribution in [0.3, 0.4) is 0 Å². The van der Waals surface area contributed by atoms with Crippen molar-refractivity contribution in [2.24, 2.45) is 0 Å². The van der Waals surface area contributed by atoms with Crippen LogP contribution in [0.5, 0.6) is 0 Å². The van der Waals surface area contributed by atoms with E-state index < -0.39 is 0 Å². The van der Waals surface area contributed by atoms with Gasteiger partial charge in [-0.15, -0.1) is 11.3 Å². The van der Waals surface area contributed by atoms with Crippen molar-refractivity contribution in [2.75, 3.05) is 26.3 Å². The number of hydrogen-bond acceptors (Lipinski definition) is 4. The second-order valence-corrected chi connectivity index (χ2v) is 4.71. The summed E-state index contributed by atoms with van der Waals surface area (Å²) in [7, 11) is -0.241. The van der Waals surface area contributed by atoms with Gasteiger partial charge in [-0.1, -0.05) is 17.7 Å². The molecular weight excluding hydrogens is 220 g/mol. The van der Waals surface area contributed by atoms with E-state index in [1.807, 2.05) is 12.1 Å². The van der Waals surface area contributed by atoms with Gasteiger partial charge in [0.1, 0.15) is 0 Å². The Hall–Kier alpha value is -0.0651. The fourth-order valence-corrected chi connectivity index (χ4v) is 2.33. The summed E-state index contributed by atoms with van der Waals surface area (Å²) in [5, 5.41) is 3.19. The smallest absolute Gasteiger partial charge is 0.405 e. The highest BCUT2D eigenvalue weighted by molar-refractivity contribution is 7.25. The molecule has 76 valence electrons. The average Bonchev–Trinajstić information content (AvgIpc) is 2.51. The van der Waals surface area contributed by atoms with Crippen LogP contribution in [0.2, 0.25) is 4.34 Å². The SMILES string of the molecule is Clc1ccc(B2OCCNCCO2)s1. The zero-order valence-corrected chi connectivity index (χ0v) is 9.24. The molecule has 0 spiro atoms. The van der Waals surface area contributed by atoms with Crippen LogP contribution in [0.4, 0.5) is 0 Å². The maximum Gasteiger partial charge on any atom is 0.504 e. The van der Waals surface area contributed by atoms with Crippen LogP contribution in [0.1, 0.15) is 0 Å². The maximum absolute atomic E-state index is 5.85. The van der Waals surface area contributed by atoms with Crippen molar-refractivity contribution in [1.29, 1.82) is 0 Å². The van der Waals surface area contributed by atoms with Crippen molar-refractivity contribution in [1.82, 2.24) is 5.32 Å². The second-order valence-electron chi connectivity index (χ2n) is 2.97. The summed E-state index contributed by atoms with van der Waals surface area (Å²) < 4.78 is 12.9. The van der Waals surface area contributed by atoms with E-state index in [2.05, 4.69) is 5.32 Å². The molecule has 1 saturated heterocycles. The molecule has 1 aliphatic heterocycles. The highest BCUT2D eigenvalue weighted by Crippen LogP contribution is 2.14. The van der Waals surface area contributed by atoms with Gasteiger partial charge in [0, 0.05) is 31.1 Å². The highest BCUT2D eigenvalue weighted by Gasteiger charge is 2.24. The van der Waals surface area contributed by atoms with E-state index in [9.17, 15) is 0 Å². The molecule has 2 heterocycles. The predicted molar refractivity (Wildman–Crippen MR) is 59.5 cm³/mol. The van der Waals surface area contributed by atoms with Crippen LogP contribution < -0.4 is 10.1 Å². The number of rotatable bonds is 1. The molecule has 0 saturated carbocycles. The van der Waals surface area contributed by atoms with Crippen LogP contribution in [-0.2, 0) is 9.31 Å². The topological polar surface area (TPSA) is 30.5 Å². The molecule has 0 bridgehead atoms. The summed E-state index contributed by atoms with van der Waals surface area (Å²) in [6.07, 6.45) is 0. The van der Waals surface area contributed by atoms with Crippen LogP contribution in [0, 0.1) is 0 Å². The lowest BCUT2D eigenvalue weighted by Gasteiger charge is -2.17.